The quantitative estimate of drug-likeness (QED) is 0.472. The van der Waals surface area contributed by atoms with Crippen molar-refractivity contribution in [1.82, 2.24) is 5.32 Å². The van der Waals surface area contributed by atoms with Crippen LogP contribution in [0.3, 0.4) is 0 Å². The van der Waals surface area contributed by atoms with Gasteiger partial charge in [-0.2, -0.15) is 0 Å². The van der Waals surface area contributed by atoms with Crippen molar-refractivity contribution < 1.29 is 0 Å². The summed E-state index contributed by atoms with van der Waals surface area (Å²) >= 11 is 0. The Morgan fingerprint density at radius 3 is 2.50 bits per heavy atom. The monoisotopic (exact) mass is 219 g/mol. The van der Waals surface area contributed by atoms with E-state index in [-0.39, 0.29) is 0 Å². The number of rotatable bonds is 8. The summed E-state index contributed by atoms with van der Waals surface area (Å²) < 4.78 is 0. The molecule has 0 aromatic carbocycles. The summed E-state index contributed by atoms with van der Waals surface area (Å²) in [7, 11) is 0. The zero-order valence-corrected chi connectivity index (χ0v) is 10.9. The first-order valence-electron chi connectivity index (χ1n) is 6.10. The van der Waals surface area contributed by atoms with Crippen LogP contribution in [0.2, 0.25) is 0 Å². The fourth-order valence-electron chi connectivity index (χ4n) is 1.56. The molecule has 16 heavy (non-hydrogen) atoms. The minimum absolute atomic E-state index is 0.322. The van der Waals surface area contributed by atoms with Crippen LogP contribution in [0, 0.1) is 0 Å². The molecule has 0 aliphatic carbocycles. The summed E-state index contributed by atoms with van der Waals surface area (Å²) in [6.07, 6.45) is 11.5. The smallest absolute Gasteiger partial charge is 0.0441 e. The largest absolute Gasteiger partial charge is 0.379 e. The molecule has 1 N–H and O–H groups in total. The van der Waals surface area contributed by atoms with Crippen LogP contribution in [0.15, 0.2) is 48.7 Å². The molecular weight excluding hydrogens is 194 g/mol. The van der Waals surface area contributed by atoms with Gasteiger partial charge in [0.25, 0.3) is 0 Å². The lowest BCUT2D eigenvalue weighted by Gasteiger charge is -2.18. The number of allylic oxidation sites excluding steroid dienone is 3. The summed E-state index contributed by atoms with van der Waals surface area (Å²) in [6, 6.07) is 0.322. The first kappa shape index (κ1) is 14.8. The van der Waals surface area contributed by atoms with E-state index in [9.17, 15) is 0 Å². The minimum atomic E-state index is 0.322. The van der Waals surface area contributed by atoms with Gasteiger partial charge < -0.3 is 5.32 Å². The van der Waals surface area contributed by atoms with Crippen molar-refractivity contribution in [3.63, 3.8) is 0 Å². The van der Waals surface area contributed by atoms with Crippen molar-refractivity contribution in [1.29, 1.82) is 0 Å². The summed E-state index contributed by atoms with van der Waals surface area (Å²) in [5, 5.41) is 3.41. The van der Waals surface area contributed by atoms with Crippen molar-refractivity contribution in [2.75, 3.05) is 0 Å². The number of nitrogens with one attached hydrogen (secondary N) is 1. The van der Waals surface area contributed by atoms with Crippen LogP contribution in [-0.2, 0) is 0 Å². The normalized spacial score (nSPS) is 13.8. The molecule has 0 bridgehead atoms. The average molecular weight is 219 g/mol. The molecule has 0 aromatic heterocycles. The van der Waals surface area contributed by atoms with Gasteiger partial charge in [-0.15, -0.1) is 6.58 Å². The van der Waals surface area contributed by atoms with Gasteiger partial charge in [-0.3, -0.25) is 0 Å². The van der Waals surface area contributed by atoms with Crippen LogP contribution in [0.4, 0.5) is 0 Å². The van der Waals surface area contributed by atoms with Crippen molar-refractivity contribution in [2.45, 2.75) is 46.1 Å². The van der Waals surface area contributed by atoms with Gasteiger partial charge in [0.05, 0.1) is 0 Å². The molecule has 0 spiro atoms. The third kappa shape index (κ3) is 5.59. The molecule has 0 rings (SSSR count). The Bertz CT molecular complexity index is 271. The Labute approximate surface area is 101 Å². The Hall–Kier alpha value is -1.24. The topological polar surface area (TPSA) is 12.0 Å². The van der Waals surface area contributed by atoms with E-state index in [1.807, 2.05) is 19.1 Å². The molecule has 0 fully saturated rings. The van der Waals surface area contributed by atoms with Crippen molar-refractivity contribution >= 4 is 0 Å². The maximum absolute atomic E-state index is 4.08. The molecule has 1 atom stereocenters. The van der Waals surface area contributed by atoms with Crippen LogP contribution in [-0.4, -0.2) is 6.04 Å². The second-order valence-electron chi connectivity index (χ2n) is 3.82. The highest BCUT2D eigenvalue weighted by atomic mass is 14.9. The fraction of sp³-hybridized carbons (Fsp3) is 0.467. The van der Waals surface area contributed by atoms with E-state index in [4.69, 9.17) is 0 Å². The van der Waals surface area contributed by atoms with Crippen LogP contribution >= 0.6 is 0 Å². The second kappa shape index (κ2) is 9.02. The van der Waals surface area contributed by atoms with Crippen molar-refractivity contribution in [3.05, 3.63) is 48.7 Å². The molecule has 1 unspecified atom stereocenters. The molecule has 90 valence electrons. The van der Waals surface area contributed by atoms with E-state index in [0.29, 0.717) is 6.04 Å². The SMILES string of the molecule is C=CC(CCC)NC(=C)C(/C=C\C)=C/CC. The Balaban J connectivity index is 4.51. The standard InChI is InChI=1S/C15H25N/c1-6-10-14(11-7-2)13(5)16-15(9-4)12-8-3/h6,9-11,15-16H,4-5,7-8,12H2,1-3H3/b10-6-,14-11+. The third-order valence-corrected chi connectivity index (χ3v) is 2.36. The van der Waals surface area contributed by atoms with Crippen LogP contribution in [0.25, 0.3) is 0 Å². The van der Waals surface area contributed by atoms with Gasteiger partial charge in [0.1, 0.15) is 0 Å². The lowest BCUT2D eigenvalue weighted by atomic mass is 10.1. The molecule has 0 saturated heterocycles. The molecule has 1 nitrogen and oxygen atoms in total. The zero-order chi connectivity index (χ0) is 12.4. The molecular formula is C15H25N. The highest BCUT2D eigenvalue weighted by Crippen LogP contribution is 2.10. The van der Waals surface area contributed by atoms with E-state index < -0.39 is 0 Å². The van der Waals surface area contributed by atoms with E-state index in [1.54, 1.807) is 0 Å². The first-order valence-corrected chi connectivity index (χ1v) is 6.10. The lowest BCUT2D eigenvalue weighted by molar-refractivity contribution is 0.613. The van der Waals surface area contributed by atoms with Gasteiger partial charge in [-0.1, -0.05) is 51.2 Å². The van der Waals surface area contributed by atoms with Gasteiger partial charge >= 0.3 is 0 Å². The van der Waals surface area contributed by atoms with E-state index in [2.05, 4.69) is 44.5 Å². The first-order chi connectivity index (χ1) is 7.69. The lowest BCUT2D eigenvalue weighted by Crippen LogP contribution is -2.26. The summed E-state index contributed by atoms with van der Waals surface area (Å²) in [5.41, 5.74) is 2.16. The zero-order valence-electron chi connectivity index (χ0n) is 10.9. The molecule has 0 aliphatic rings. The fourth-order valence-corrected chi connectivity index (χ4v) is 1.56. The van der Waals surface area contributed by atoms with Gasteiger partial charge in [-0.25, -0.2) is 0 Å². The molecule has 0 amide bonds. The van der Waals surface area contributed by atoms with E-state index in [0.717, 1.165) is 25.0 Å². The maximum Gasteiger partial charge on any atom is 0.0441 e. The predicted octanol–water partition coefficient (Wildman–Crippen LogP) is 4.36. The Kier molecular flexibility index (Phi) is 8.32. The predicted molar refractivity (Wildman–Crippen MR) is 74.4 cm³/mol. The average Bonchev–Trinajstić information content (AvgIpc) is 2.28. The number of hydrogen-bond acceptors (Lipinski definition) is 1. The molecule has 0 heterocycles. The Morgan fingerprint density at radius 1 is 1.38 bits per heavy atom. The minimum Gasteiger partial charge on any atom is -0.379 e. The Morgan fingerprint density at radius 2 is 2.06 bits per heavy atom. The molecule has 0 aliphatic heterocycles. The number of hydrogen-bond donors (Lipinski definition) is 1. The van der Waals surface area contributed by atoms with Crippen LogP contribution in [0.5, 0.6) is 0 Å². The van der Waals surface area contributed by atoms with Gasteiger partial charge in [0.2, 0.25) is 0 Å². The molecule has 0 aromatic rings. The van der Waals surface area contributed by atoms with Crippen molar-refractivity contribution in [3.8, 4) is 0 Å². The molecule has 1 heteroatoms. The van der Waals surface area contributed by atoms with E-state index in [1.165, 1.54) is 5.57 Å². The second-order valence-corrected chi connectivity index (χ2v) is 3.82. The summed E-state index contributed by atoms with van der Waals surface area (Å²) in [4.78, 5) is 0. The van der Waals surface area contributed by atoms with Gasteiger partial charge in [0.15, 0.2) is 0 Å². The van der Waals surface area contributed by atoms with Crippen LogP contribution < -0.4 is 5.32 Å². The highest BCUT2D eigenvalue weighted by molar-refractivity contribution is 5.37. The van der Waals surface area contributed by atoms with Gasteiger partial charge in [0, 0.05) is 11.7 Å². The van der Waals surface area contributed by atoms with Crippen molar-refractivity contribution in [2.24, 2.45) is 0 Å². The van der Waals surface area contributed by atoms with Crippen LogP contribution in [0.1, 0.15) is 40.0 Å². The molecule has 0 saturated carbocycles. The summed E-state index contributed by atoms with van der Waals surface area (Å²) in [5.74, 6) is 0. The summed E-state index contributed by atoms with van der Waals surface area (Å²) in [6.45, 7) is 14.3. The highest BCUT2D eigenvalue weighted by Gasteiger charge is 2.05. The maximum atomic E-state index is 4.08. The third-order valence-electron chi connectivity index (χ3n) is 2.36. The molecule has 0 radical (unpaired) electrons. The van der Waals surface area contributed by atoms with E-state index >= 15 is 0 Å². The van der Waals surface area contributed by atoms with Gasteiger partial charge in [-0.05, 0) is 25.3 Å².